The van der Waals surface area contributed by atoms with Gasteiger partial charge >= 0.3 is 0 Å². The lowest BCUT2D eigenvalue weighted by Crippen LogP contribution is -2.48. The molecule has 112 valence electrons. The Labute approximate surface area is 128 Å². The number of sulfonamides is 1. The van der Waals surface area contributed by atoms with Crippen molar-refractivity contribution >= 4 is 38.2 Å². The van der Waals surface area contributed by atoms with E-state index in [1.807, 2.05) is 29.2 Å². The maximum atomic E-state index is 11.5. The molecule has 0 atom stereocenters. The van der Waals surface area contributed by atoms with Crippen LogP contribution < -0.4 is 4.90 Å². The second-order valence-electron chi connectivity index (χ2n) is 5.01. The Bertz CT molecular complexity index is 773. The molecule has 1 aromatic carbocycles. The zero-order valence-corrected chi connectivity index (χ0v) is 13.1. The number of hydrogen-bond donors (Lipinski definition) is 0. The smallest absolute Gasteiger partial charge is 0.211 e. The summed E-state index contributed by atoms with van der Waals surface area (Å²) in [5.41, 5.74) is 0. The summed E-state index contributed by atoms with van der Waals surface area (Å²) in [6.45, 7) is 2.09. The molecule has 2 aromatic rings. The van der Waals surface area contributed by atoms with Crippen molar-refractivity contribution in [3.63, 3.8) is 0 Å². The normalized spacial score (nSPS) is 17.3. The summed E-state index contributed by atoms with van der Waals surface area (Å²) in [6.07, 6.45) is 1.24. The fraction of sp³-hybridized carbons (Fsp3) is 0.385. The highest BCUT2D eigenvalue weighted by Gasteiger charge is 2.25. The number of nitrogens with zero attached hydrogens (tertiary/aromatic N) is 4. The molecule has 8 heteroatoms. The van der Waals surface area contributed by atoms with Crippen LogP contribution in [0.2, 0.25) is 5.15 Å². The van der Waals surface area contributed by atoms with E-state index in [4.69, 9.17) is 11.6 Å². The van der Waals surface area contributed by atoms with Crippen molar-refractivity contribution in [1.82, 2.24) is 14.5 Å². The zero-order valence-electron chi connectivity index (χ0n) is 11.5. The molecule has 1 saturated heterocycles. The highest BCUT2D eigenvalue weighted by atomic mass is 35.5. The topological polar surface area (TPSA) is 66.4 Å². The molecule has 21 heavy (non-hydrogen) atoms. The van der Waals surface area contributed by atoms with Crippen LogP contribution in [0.1, 0.15) is 0 Å². The van der Waals surface area contributed by atoms with Gasteiger partial charge in [0.15, 0.2) is 11.0 Å². The lowest BCUT2D eigenvalue weighted by atomic mass is 10.2. The van der Waals surface area contributed by atoms with Gasteiger partial charge in [-0.05, 0) is 0 Å². The standard InChI is InChI=1S/C13H15ClN4O2S/c1-21(19,20)18-8-6-17(7-9-18)13-11-5-3-2-4-10(11)12(14)15-16-13/h2-5H,6-9H2,1H3. The van der Waals surface area contributed by atoms with E-state index in [-0.39, 0.29) is 0 Å². The first kappa shape index (κ1) is 14.5. The van der Waals surface area contributed by atoms with Gasteiger partial charge < -0.3 is 4.90 Å². The van der Waals surface area contributed by atoms with Crippen molar-refractivity contribution in [2.75, 3.05) is 37.3 Å². The summed E-state index contributed by atoms with van der Waals surface area (Å²) in [5.74, 6) is 0.753. The largest absolute Gasteiger partial charge is 0.352 e. The molecular weight excluding hydrogens is 312 g/mol. The first-order valence-electron chi connectivity index (χ1n) is 6.58. The fourth-order valence-corrected chi connectivity index (χ4v) is 3.55. The summed E-state index contributed by atoms with van der Waals surface area (Å²) in [5, 5.41) is 10.4. The molecule has 0 unspecified atom stereocenters. The fourth-order valence-electron chi connectivity index (χ4n) is 2.52. The van der Waals surface area contributed by atoms with Gasteiger partial charge in [0.2, 0.25) is 10.0 Å². The number of fused-ring (bicyclic) bond motifs is 1. The van der Waals surface area contributed by atoms with Gasteiger partial charge in [-0.2, -0.15) is 4.31 Å². The second-order valence-corrected chi connectivity index (χ2v) is 7.35. The van der Waals surface area contributed by atoms with Crippen LogP contribution in [0, 0.1) is 0 Å². The molecule has 0 N–H and O–H groups in total. The van der Waals surface area contributed by atoms with Crippen LogP contribution in [0.25, 0.3) is 10.8 Å². The molecule has 0 aliphatic carbocycles. The van der Waals surface area contributed by atoms with Crippen LogP contribution in [0.5, 0.6) is 0 Å². The lowest BCUT2D eigenvalue weighted by Gasteiger charge is -2.34. The first-order valence-corrected chi connectivity index (χ1v) is 8.80. The Kier molecular flexibility index (Phi) is 3.73. The summed E-state index contributed by atoms with van der Waals surface area (Å²) >= 11 is 6.07. The Hall–Kier alpha value is -1.44. The van der Waals surface area contributed by atoms with Crippen molar-refractivity contribution < 1.29 is 8.42 Å². The van der Waals surface area contributed by atoms with Gasteiger partial charge in [0.05, 0.1) is 6.26 Å². The van der Waals surface area contributed by atoms with Gasteiger partial charge in [0.25, 0.3) is 0 Å². The van der Waals surface area contributed by atoms with E-state index in [0.717, 1.165) is 16.6 Å². The minimum absolute atomic E-state index is 0.379. The zero-order chi connectivity index (χ0) is 15.0. The van der Waals surface area contributed by atoms with Crippen molar-refractivity contribution in [3.05, 3.63) is 29.4 Å². The predicted molar refractivity (Wildman–Crippen MR) is 83.2 cm³/mol. The van der Waals surface area contributed by atoms with E-state index in [1.165, 1.54) is 10.6 Å². The number of anilines is 1. The van der Waals surface area contributed by atoms with Gasteiger partial charge in [0, 0.05) is 37.0 Å². The summed E-state index contributed by atoms with van der Waals surface area (Å²) in [7, 11) is -3.13. The van der Waals surface area contributed by atoms with E-state index in [1.54, 1.807) is 0 Å². The number of aromatic nitrogens is 2. The summed E-state index contributed by atoms with van der Waals surface area (Å²) in [4.78, 5) is 2.05. The number of piperazine rings is 1. The lowest BCUT2D eigenvalue weighted by molar-refractivity contribution is 0.387. The van der Waals surface area contributed by atoms with Crippen molar-refractivity contribution in [1.29, 1.82) is 0 Å². The number of rotatable bonds is 2. The van der Waals surface area contributed by atoms with E-state index < -0.39 is 10.0 Å². The maximum absolute atomic E-state index is 11.5. The molecule has 2 heterocycles. The van der Waals surface area contributed by atoms with Crippen molar-refractivity contribution in [2.24, 2.45) is 0 Å². The summed E-state index contributed by atoms with van der Waals surface area (Å²) < 4.78 is 24.6. The third-order valence-electron chi connectivity index (χ3n) is 3.63. The van der Waals surface area contributed by atoms with Crippen LogP contribution >= 0.6 is 11.6 Å². The van der Waals surface area contributed by atoms with Gasteiger partial charge in [-0.3, -0.25) is 0 Å². The molecule has 0 spiro atoms. The Balaban J connectivity index is 1.91. The minimum Gasteiger partial charge on any atom is -0.352 e. The van der Waals surface area contributed by atoms with Crippen molar-refractivity contribution in [3.8, 4) is 0 Å². The molecule has 6 nitrogen and oxygen atoms in total. The SMILES string of the molecule is CS(=O)(=O)N1CCN(c2nnc(Cl)c3ccccc23)CC1. The highest BCUT2D eigenvalue weighted by Crippen LogP contribution is 2.28. The average molecular weight is 327 g/mol. The Morgan fingerprint density at radius 2 is 1.67 bits per heavy atom. The van der Waals surface area contributed by atoms with E-state index in [2.05, 4.69) is 10.2 Å². The molecule has 0 saturated carbocycles. The highest BCUT2D eigenvalue weighted by molar-refractivity contribution is 7.88. The molecule has 0 bridgehead atoms. The molecule has 1 fully saturated rings. The maximum Gasteiger partial charge on any atom is 0.211 e. The third kappa shape index (κ3) is 2.81. The van der Waals surface area contributed by atoms with Crippen molar-refractivity contribution in [2.45, 2.75) is 0 Å². The number of hydrogen-bond acceptors (Lipinski definition) is 5. The molecule has 0 amide bonds. The van der Waals surface area contributed by atoms with Crippen LogP contribution in [0.4, 0.5) is 5.82 Å². The predicted octanol–water partition coefficient (Wildman–Crippen LogP) is 1.36. The monoisotopic (exact) mass is 326 g/mol. The number of halogens is 1. The van der Waals surface area contributed by atoms with E-state index >= 15 is 0 Å². The second kappa shape index (κ2) is 5.40. The van der Waals surface area contributed by atoms with E-state index in [9.17, 15) is 8.42 Å². The minimum atomic E-state index is -3.13. The quantitative estimate of drug-likeness (QED) is 0.833. The van der Waals surface area contributed by atoms with Crippen LogP contribution in [-0.2, 0) is 10.0 Å². The van der Waals surface area contributed by atoms with Gasteiger partial charge in [-0.15, -0.1) is 10.2 Å². The molecule has 1 aromatic heterocycles. The Morgan fingerprint density at radius 3 is 2.29 bits per heavy atom. The van der Waals surface area contributed by atoms with Gasteiger partial charge in [0.1, 0.15) is 0 Å². The Morgan fingerprint density at radius 1 is 1.05 bits per heavy atom. The molecule has 0 radical (unpaired) electrons. The van der Waals surface area contributed by atoms with Gasteiger partial charge in [-0.1, -0.05) is 35.9 Å². The van der Waals surface area contributed by atoms with Crippen LogP contribution in [0.3, 0.4) is 0 Å². The average Bonchev–Trinajstić information content (AvgIpc) is 2.47. The van der Waals surface area contributed by atoms with E-state index in [0.29, 0.717) is 31.3 Å². The molecule has 1 aliphatic rings. The summed E-state index contributed by atoms with van der Waals surface area (Å²) in [6, 6.07) is 7.69. The first-order chi connectivity index (χ1) is 9.97. The molecule has 1 aliphatic heterocycles. The van der Waals surface area contributed by atoms with Crippen LogP contribution in [0.15, 0.2) is 24.3 Å². The van der Waals surface area contributed by atoms with Gasteiger partial charge in [-0.25, -0.2) is 8.42 Å². The third-order valence-corrected chi connectivity index (χ3v) is 5.21. The number of benzene rings is 1. The molecular formula is C13H15ClN4O2S. The molecule has 3 rings (SSSR count). The van der Waals surface area contributed by atoms with Crippen LogP contribution in [-0.4, -0.2) is 55.4 Å².